The van der Waals surface area contributed by atoms with Crippen LogP contribution < -0.4 is 5.73 Å². The minimum atomic E-state index is -2.50. The molecule has 0 spiro atoms. The van der Waals surface area contributed by atoms with Crippen LogP contribution in [0.15, 0.2) is 0 Å². The summed E-state index contributed by atoms with van der Waals surface area (Å²) in [6, 6.07) is 0.267. The van der Waals surface area contributed by atoms with Gasteiger partial charge in [-0.25, -0.2) is 8.78 Å². The topological polar surface area (TPSA) is 51.8 Å². The Hall–Kier alpha value is -0.330. The van der Waals surface area contributed by atoms with Crippen molar-refractivity contribution < 1.29 is 8.78 Å². The van der Waals surface area contributed by atoms with Gasteiger partial charge in [-0.3, -0.25) is 0 Å². The molecule has 1 aromatic rings. The highest BCUT2D eigenvalue weighted by Gasteiger charge is 2.24. The lowest BCUT2D eigenvalue weighted by molar-refractivity contribution is 0.150. The third-order valence-corrected chi connectivity index (χ3v) is 3.86. The monoisotopic (exact) mass is 269 g/mol. The smallest absolute Gasteiger partial charge is 0.291 e. The van der Waals surface area contributed by atoms with Crippen LogP contribution >= 0.6 is 23.7 Å². The molecule has 1 aliphatic rings. The molecule has 16 heavy (non-hydrogen) atoms. The number of nitrogens with two attached hydrogens (primary N) is 1. The summed E-state index contributed by atoms with van der Waals surface area (Å²) in [7, 11) is 0. The molecule has 1 saturated carbocycles. The average molecular weight is 270 g/mol. The summed E-state index contributed by atoms with van der Waals surface area (Å²) < 4.78 is 24.6. The number of hydrogen-bond acceptors (Lipinski definition) is 4. The molecule has 1 aromatic heterocycles. The van der Waals surface area contributed by atoms with Gasteiger partial charge in [0.25, 0.3) is 6.43 Å². The van der Waals surface area contributed by atoms with E-state index >= 15 is 0 Å². The van der Waals surface area contributed by atoms with Gasteiger partial charge in [0.15, 0.2) is 5.01 Å². The second-order valence-electron chi connectivity index (χ2n) is 3.89. The number of hydrogen-bond donors (Lipinski definition) is 1. The summed E-state index contributed by atoms with van der Waals surface area (Å²) >= 11 is 1.04. The molecule has 7 heteroatoms. The molecule has 0 amide bonds. The zero-order valence-corrected chi connectivity index (χ0v) is 10.2. The molecule has 1 heterocycles. The van der Waals surface area contributed by atoms with Crippen molar-refractivity contribution in [2.24, 2.45) is 5.73 Å². The van der Waals surface area contributed by atoms with Gasteiger partial charge in [-0.1, -0.05) is 11.3 Å². The summed E-state index contributed by atoms with van der Waals surface area (Å²) in [5.41, 5.74) is 5.78. The molecule has 92 valence electrons. The van der Waals surface area contributed by atoms with Crippen molar-refractivity contribution in [2.75, 3.05) is 0 Å². The van der Waals surface area contributed by atoms with Crippen LogP contribution in [-0.2, 0) is 0 Å². The van der Waals surface area contributed by atoms with Crippen LogP contribution in [0.2, 0.25) is 0 Å². The van der Waals surface area contributed by atoms with E-state index in [4.69, 9.17) is 5.73 Å². The molecule has 0 atom stereocenters. The third kappa shape index (κ3) is 3.09. The number of nitrogens with zero attached hydrogens (tertiary/aromatic N) is 2. The third-order valence-electron chi connectivity index (χ3n) is 2.76. The van der Waals surface area contributed by atoms with E-state index in [2.05, 4.69) is 10.2 Å². The summed E-state index contributed by atoms with van der Waals surface area (Å²) in [6.07, 6.45) is 1.29. The maximum atomic E-state index is 12.3. The molecule has 3 nitrogen and oxygen atoms in total. The largest absolute Gasteiger partial charge is 0.328 e. The van der Waals surface area contributed by atoms with E-state index in [1.54, 1.807) is 0 Å². The number of halogens is 3. The Labute approximate surface area is 103 Å². The average Bonchev–Trinajstić information content (AvgIpc) is 2.68. The molecule has 1 aliphatic carbocycles. The fourth-order valence-corrected chi connectivity index (χ4v) is 2.73. The van der Waals surface area contributed by atoms with E-state index in [0.717, 1.165) is 42.0 Å². The highest BCUT2D eigenvalue weighted by Crippen LogP contribution is 2.35. The van der Waals surface area contributed by atoms with Gasteiger partial charge < -0.3 is 5.73 Å². The number of rotatable bonds is 2. The molecule has 2 rings (SSSR count). The lowest BCUT2D eigenvalue weighted by Crippen LogP contribution is -2.25. The van der Waals surface area contributed by atoms with Crippen LogP contribution in [0.5, 0.6) is 0 Å². The van der Waals surface area contributed by atoms with E-state index in [0.29, 0.717) is 0 Å². The van der Waals surface area contributed by atoms with Crippen molar-refractivity contribution in [2.45, 2.75) is 44.1 Å². The summed E-state index contributed by atoms with van der Waals surface area (Å²) in [5.74, 6) is 0.287. The highest BCUT2D eigenvalue weighted by atomic mass is 35.5. The fourth-order valence-electron chi connectivity index (χ4n) is 1.87. The second kappa shape index (κ2) is 5.84. The van der Waals surface area contributed by atoms with Crippen LogP contribution in [0.4, 0.5) is 8.78 Å². The first-order valence-corrected chi connectivity index (χ1v) is 5.85. The SMILES string of the molecule is Cl.N[C@H]1CC[C@H](c2nnc(C(F)F)s2)CC1. The molecule has 0 aromatic carbocycles. The van der Waals surface area contributed by atoms with E-state index < -0.39 is 6.43 Å². The van der Waals surface area contributed by atoms with Crippen molar-refractivity contribution in [3.8, 4) is 0 Å². The standard InChI is InChI=1S/C9H13F2N3S.ClH/c10-7(11)9-14-13-8(15-9)5-1-3-6(12)4-2-5;/h5-7H,1-4,12H2;1H/t5-,6-;. The molecular weight excluding hydrogens is 256 g/mol. The minimum Gasteiger partial charge on any atom is -0.328 e. The van der Waals surface area contributed by atoms with Crippen molar-refractivity contribution in [1.82, 2.24) is 10.2 Å². The Kier molecular flexibility index (Phi) is 5.01. The van der Waals surface area contributed by atoms with Gasteiger partial charge in [-0.15, -0.1) is 22.6 Å². The quantitative estimate of drug-likeness (QED) is 0.898. The lowest BCUT2D eigenvalue weighted by Gasteiger charge is -2.23. The molecule has 2 N–H and O–H groups in total. The van der Waals surface area contributed by atoms with Crippen molar-refractivity contribution in [3.63, 3.8) is 0 Å². The predicted octanol–water partition coefficient (Wildman–Crippen LogP) is 2.88. The molecular formula is C9H14ClF2N3S. The fraction of sp³-hybridized carbons (Fsp3) is 0.778. The van der Waals surface area contributed by atoms with Gasteiger partial charge in [0.2, 0.25) is 0 Å². The molecule has 1 fully saturated rings. The van der Waals surface area contributed by atoms with Crippen LogP contribution in [0.25, 0.3) is 0 Å². The summed E-state index contributed by atoms with van der Waals surface area (Å²) in [4.78, 5) is 0. The minimum absolute atomic E-state index is 0. The highest BCUT2D eigenvalue weighted by molar-refractivity contribution is 7.11. The Morgan fingerprint density at radius 1 is 1.19 bits per heavy atom. The molecule has 0 radical (unpaired) electrons. The van der Waals surface area contributed by atoms with Gasteiger partial charge in [-0.2, -0.15) is 0 Å². The van der Waals surface area contributed by atoms with Crippen LogP contribution in [0.3, 0.4) is 0 Å². The molecule has 0 aliphatic heterocycles. The molecule has 0 saturated heterocycles. The van der Waals surface area contributed by atoms with Crippen LogP contribution in [0.1, 0.15) is 48.0 Å². The second-order valence-corrected chi connectivity index (χ2v) is 4.93. The van der Waals surface area contributed by atoms with E-state index in [1.807, 2.05) is 0 Å². The van der Waals surface area contributed by atoms with Gasteiger partial charge >= 0.3 is 0 Å². The maximum Gasteiger partial charge on any atom is 0.291 e. The van der Waals surface area contributed by atoms with Gasteiger partial charge in [-0.05, 0) is 25.7 Å². The molecule has 0 unspecified atom stereocenters. The van der Waals surface area contributed by atoms with Crippen LogP contribution in [-0.4, -0.2) is 16.2 Å². The van der Waals surface area contributed by atoms with E-state index in [1.165, 1.54) is 0 Å². The van der Waals surface area contributed by atoms with Crippen molar-refractivity contribution >= 4 is 23.7 Å². The predicted molar refractivity (Wildman–Crippen MR) is 61.3 cm³/mol. The summed E-state index contributed by atoms with van der Waals surface area (Å²) in [6.45, 7) is 0. The zero-order chi connectivity index (χ0) is 10.8. The maximum absolute atomic E-state index is 12.3. The van der Waals surface area contributed by atoms with Crippen molar-refractivity contribution in [3.05, 3.63) is 10.0 Å². The Morgan fingerprint density at radius 3 is 2.31 bits per heavy atom. The first kappa shape index (κ1) is 13.7. The van der Waals surface area contributed by atoms with Gasteiger partial charge in [0.1, 0.15) is 5.01 Å². The van der Waals surface area contributed by atoms with Gasteiger partial charge in [0.05, 0.1) is 0 Å². The normalized spacial score (nSPS) is 25.5. The van der Waals surface area contributed by atoms with Crippen molar-refractivity contribution in [1.29, 1.82) is 0 Å². The van der Waals surface area contributed by atoms with E-state index in [9.17, 15) is 8.78 Å². The Balaban J connectivity index is 0.00000128. The van der Waals surface area contributed by atoms with Gasteiger partial charge in [0, 0.05) is 12.0 Å². The Morgan fingerprint density at radius 2 is 1.81 bits per heavy atom. The first-order chi connectivity index (χ1) is 7.16. The first-order valence-electron chi connectivity index (χ1n) is 5.04. The summed E-state index contributed by atoms with van der Waals surface area (Å²) in [5, 5.41) is 7.91. The zero-order valence-electron chi connectivity index (χ0n) is 8.60. The molecule has 0 bridgehead atoms. The number of alkyl halides is 2. The lowest BCUT2D eigenvalue weighted by atomic mass is 9.87. The number of aromatic nitrogens is 2. The van der Waals surface area contributed by atoms with Crippen LogP contribution in [0, 0.1) is 0 Å². The Bertz CT molecular complexity index is 326. The van der Waals surface area contributed by atoms with E-state index in [-0.39, 0.29) is 29.4 Å².